The lowest BCUT2D eigenvalue weighted by atomic mass is 10.2. The van der Waals surface area contributed by atoms with Crippen LogP contribution in [0.5, 0.6) is 0 Å². The fourth-order valence-corrected chi connectivity index (χ4v) is 2.93. The predicted octanol–water partition coefficient (Wildman–Crippen LogP) is 1.58. The topological polar surface area (TPSA) is 76.8 Å². The molecule has 7 nitrogen and oxygen atoms in total. The van der Waals surface area contributed by atoms with Crippen LogP contribution in [0.2, 0.25) is 0 Å². The predicted molar refractivity (Wildman–Crippen MR) is 87.4 cm³/mol. The number of rotatable bonds is 5. The maximum Gasteiger partial charge on any atom is 0.433 e. The van der Waals surface area contributed by atoms with Gasteiger partial charge in [-0.15, -0.1) is 0 Å². The molecule has 0 unspecified atom stereocenters. The Morgan fingerprint density at radius 1 is 1.46 bits per heavy atom. The molecule has 1 aliphatic rings. The fourth-order valence-electron chi connectivity index (χ4n) is 2.93. The van der Waals surface area contributed by atoms with Gasteiger partial charge in [-0.25, -0.2) is 4.98 Å². The zero-order chi connectivity index (χ0) is 18.9. The third kappa shape index (κ3) is 4.06. The van der Waals surface area contributed by atoms with E-state index in [-0.39, 0.29) is 24.9 Å². The summed E-state index contributed by atoms with van der Waals surface area (Å²) in [6.07, 6.45) is -2.75. The number of imidazole rings is 1. The van der Waals surface area contributed by atoms with Gasteiger partial charge in [0.2, 0.25) is 0 Å². The van der Waals surface area contributed by atoms with E-state index in [0.717, 1.165) is 29.7 Å². The number of alkyl halides is 3. The van der Waals surface area contributed by atoms with Crippen molar-refractivity contribution in [2.45, 2.75) is 39.7 Å². The van der Waals surface area contributed by atoms with Gasteiger partial charge in [0.25, 0.3) is 5.91 Å². The highest BCUT2D eigenvalue weighted by Crippen LogP contribution is 2.30. The van der Waals surface area contributed by atoms with Crippen LogP contribution in [-0.2, 0) is 25.8 Å². The molecule has 0 bridgehead atoms. The molecule has 0 aromatic carbocycles. The molecule has 2 aromatic heterocycles. The molecule has 0 fully saturated rings. The maximum atomic E-state index is 13.0. The minimum atomic E-state index is -4.45. The fraction of sp³-hybridized carbons (Fsp3) is 0.562. The Morgan fingerprint density at radius 2 is 2.23 bits per heavy atom. The van der Waals surface area contributed by atoms with Crippen molar-refractivity contribution in [3.05, 3.63) is 35.2 Å². The number of carbonyl (C=O) groups is 1. The van der Waals surface area contributed by atoms with Gasteiger partial charge in [0.05, 0.1) is 12.2 Å². The van der Waals surface area contributed by atoms with Gasteiger partial charge in [0.15, 0.2) is 0 Å². The SMILES string of the molecule is Cc1cc(C(F)(F)F)n(C[C@H](C)CNC(=O)c2cn3c(n2)CNCC3)n1. The summed E-state index contributed by atoms with van der Waals surface area (Å²) in [6, 6.07) is 1.02. The van der Waals surface area contributed by atoms with Crippen molar-refractivity contribution >= 4 is 5.91 Å². The number of halogens is 3. The first-order valence-electron chi connectivity index (χ1n) is 8.40. The number of hydrogen-bond acceptors (Lipinski definition) is 4. The number of aromatic nitrogens is 4. The molecule has 3 rings (SSSR count). The van der Waals surface area contributed by atoms with Crippen LogP contribution >= 0.6 is 0 Å². The summed E-state index contributed by atoms with van der Waals surface area (Å²) in [6.45, 7) is 5.77. The Bertz CT molecular complexity index is 771. The minimum absolute atomic E-state index is 0.0621. The molecule has 0 saturated heterocycles. The van der Waals surface area contributed by atoms with Gasteiger partial charge in [0, 0.05) is 32.4 Å². The lowest BCUT2D eigenvalue weighted by Gasteiger charge is -2.15. The molecule has 0 saturated carbocycles. The molecular weight excluding hydrogens is 349 g/mol. The zero-order valence-corrected chi connectivity index (χ0v) is 14.6. The van der Waals surface area contributed by atoms with Crippen LogP contribution in [0, 0.1) is 12.8 Å². The Morgan fingerprint density at radius 3 is 2.92 bits per heavy atom. The van der Waals surface area contributed by atoms with Crippen molar-refractivity contribution in [2.24, 2.45) is 5.92 Å². The normalized spacial score (nSPS) is 15.6. The maximum absolute atomic E-state index is 13.0. The van der Waals surface area contributed by atoms with E-state index < -0.39 is 11.9 Å². The van der Waals surface area contributed by atoms with E-state index in [0.29, 0.717) is 17.9 Å². The summed E-state index contributed by atoms with van der Waals surface area (Å²) >= 11 is 0. The Labute approximate surface area is 148 Å². The molecule has 1 aliphatic heterocycles. The Kier molecular flexibility index (Phi) is 5.03. The first-order valence-corrected chi connectivity index (χ1v) is 8.40. The Balaban J connectivity index is 1.58. The van der Waals surface area contributed by atoms with E-state index in [1.54, 1.807) is 13.1 Å². The highest BCUT2D eigenvalue weighted by molar-refractivity contribution is 5.92. The molecule has 2 aromatic rings. The van der Waals surface area contributed by atoms with Crippen LogP contribution in [0.15, 0.2) is 12.3 Å². The number of aryl methyl sites for hydroxylation is 1. The van der Waals surface area contributed by atoms with Crippen molar-refractivity contribution in [3.8, 4) is 0 Å². The largest absolute Gasteiger partial charge is 0.433 e. The molecule has 26 heavy (non-hydrogen) atoms. The number of nitrogens with one attached hydrogen (secondary N) is 2. The molecular formula is C16H21F3N6O. The summed E-state index contributed by atoms with van der Waals surface area (Å²) in [5.74, 6) is 0.251. The van der Waals surface area contributed by atoms with E-state index in [4.69, 9.17) is 0 Å². The molecule has 1 amide bonds. The van der Waals surface area contributed by atoms with Crippen molar-refractivity contribution in [3.63, 3.8) is 0 Å². The Hall–Kier alpha value is -2.36. The second-order valence-corrected chi connectivity index (χ2v) is 6.58. The van der Waals surface area contributed by atoms with E-state index in [2.05, 4.69) is 20.7 Å². The van der Waals surface area contributed by atoms with Gasteiger partial charge >= 0.3 is 6.18 Å². The number of nitrogens with zero attached hydrogens (tertiary/aromatic N) is 4. The van der Waals surface area contributed by atoms with Gasteiger partial charge in [0.1, 0.15) is 17.2 Å². The molecule has 0 spiro atoms. The van der Waals surface area contributed by atoms with Gasteiger partial charge in [-0.1, -0.05) is 6.92 Å². The number of amides is 1. The monoisotopic (exact) mass is 370 g/mol. The summed E-state index contributed by atoms with van der Waals surface area (Å²) in [7, 11) is 0. The number of fused-ring (bicyclic) bond motifs is 1. The van der Waals surface area contributed by atoms with Crippen LogP contribution in [0.1, 0.15) is 34.6 Å². The van der Waals surface area contributed by atoms with Crippen LogP contribution in [-0.4, -0.2) is 38.3 Å². The van der Waals surface area contributed by atoms with Gasteiger partial charge in [-0.3, -0.25) is 9.48 Å². The van der Waals surface area contributed by atoms with E-state index in [9.17, 15) is 18.0 Å². The highest BCUT2D eigenvalue weighted by Gasteiger charge is 2.35. The third-order valence-electron chi connectivity index (χ3n) is 4.19. The van der Waals surface area contributed by atoms with Crippen molar-refractivity contribution < 1.29 is 18.0 Å². The highest BCUT2D eigenvalue weighted by atomic mass is 19.4. The second kappa shape index (κ2) is 7.10. The average Bonchev–Trinajstić information content (AvgIpc) is 3.15. The van der Waals surface area contributed by atoms with Crippen molar-refractivity contribution in [1.82, 2.24) is 30.0 Å². The third-order valence-corrected chi connectivity index (χ3v) is 4.19. The molecule has 3 heterocycles. The van der Waals surface area contributed by atoms with Crippen LogP contribution in [0.25, 0.3) is 0 Å². The standard InChI is InChI=1S/C16H21F3N6O/c1-10(8-25-13(16(17,18)19)5-11(2)23-25)6-21-15(26)12-9-24-4-3-20-7-14(24)22-12/h5,9-10,20H,3-4,6-8H2,1-2H3,(H,21,26)/t10-/m1/s1. The van der Waals surface area contributed by atoms with Crippen molar-refractivity contribution in [2.75, 3.05) is 13.1 Å². The molecule has 0 radical (unpaired) electrons. The van der Waals surface area contributed by atoms with Crippen LogP contribution < -0.4 is 10.6 Å². The summed E-state index contributed by atoms with van der Waals surface area (Å²) in [5.41, 5.74) is -0.143. The lowest BCUT2D eigenvalue weighted by molar-refractivity contribution is -0.144. The first-order chi connectivity index (χ1) is 12.2. The second-order valence-electron chi connectivity index (χ2n) is 6.58. The molecule has 0 aliphatic carbocycles. The smallest absolute Gasteiger partial charge is 0.350 e. The van der Waals surface area contributed by atoms with E-state index in [1.807, 2.05) is 4.57 Å². The lowest BCUT2D eigenvalue weighted by Crippen LogP contribution is -2.31. The molecule has 2 N–H and O–H groups in total. The molecule has 142 valence electrons. The summed E-state index contributed by atoms with van der Waals surface area (Å²) in [5, 5.41) is 9.82. The van der Waals surface area contributed by atoms with Gasteiger partial charge < -0.3 is 15.2 Å². The molecule has 1 atom stereocenters. The molecule has 10 heteroatoms. The first kappa shape index (κ1) is 18.4. The van der Waals surface area contributed by atoms with Crippen molar-refractivity contribution in [1.29, 1.82) is 0 Å². The average molecular weight is 370 g/mol. The zero-order valence-electron chi connectivity index (χ0n) is 14.6. The number of carbonyl (C=O) groups excluding carboxylic acids is 1. The van der Waals surface area contributed by atoms with E-state index >= 15 is 0 Å². The quantitative estimate of drug-likeness (QED) is 0.838. The minimum Gasteiger partial charge on any atom is -0.350 e. The van der Waals surface area contributed by atoms with Gasteiger partial charge in [-0.2, -0.15) is 18.3 Å². The summed E-state index contributed by atoms with van der Waals surface area (Å²) < 4.78 is 41.9. The van der Waals surface area contributed by atoms with Crippen LogP contribution in [0.4, 0.5) is 13.2 Å². The summed E-state index contributed by atoms with van der Waals surface area (Å²) in [4.78, 5) is 16.5. The van der Waals surface area contributed by atoms with Gasteiger partial charge in [-0.05, 0) is 18.9 Å². The van der Waals surface area contributed by atoms with Crippen LogP contribution in [0.3, 0.4) is 0 Å². The van der Waals surface area contributed by atoms with E-state index in [1.165, 1.54) is 6.92 Å². The number of hydrogen-bond donors (Lipinski definition) is 2.